The third kappa shape index (κ3) is 3.27. The molecule has 2 aromatic rings. The fourth-order valence-corrected chi connectivity index (χ4v) is 3.67. The van der Waals surface area contributed by atoms with Gasteiger partial charge < -0.3 is 19.9 Å². The van der Waals surface area contributed by atoms with Crippen molar-refractivity contribution in [1.82, 2.24) is 25.2 Å². The molecule has 2 saturated heterocycles. The quantitative estimate of drug-likeness (QED) is 0.888. The third-order valence-electron chi connectivity index (χ3n) is 5.04. The molecule has 2 N–H and O–H groups in total. The van der Waals surface area contributed by atoms with Crippen LogP contribution in [0.4, 0.5) is 0 Å². The van der Waals surface area contributed by atoms with Gasteiger partial charge in [-0.15, -0.1) is 0 Å². The Kier molecular flexibility index (Phi) is 4.44. The number of piperidine rings is 1. The standard InChI is InChI=1S/C17H23N5O2/c23-17(16-20-14-2-1-7-18-15(14)21-16)19-12-3-8-22(9-4-12)13-5-10-24-11-6-13/h1-2,7,12-13H,3-6,8-11H2,(H,19,23)(H,18,20,21). The number of imidazole rings is 1. The van der Waals surface area contributed by atoms with E-state index in [0.29, 0.717) is 17.5 Å². The SMILES string of the molecule is O=C(NC1CCN(C2CCOCC2)CC1)c1nc2ncccc2[nH]1. The molecule has 4 heterocycles. The van der Waals surface area contributed by atoms with Crippen molar-refractivity contribution in [3.05, 3.63) is 24.2 Å². The van der Waals surface area contributed by atoms with Crippen molar-refractivity contribution >= 4 is 17.1 Å². The molecule has 0 aromatic carbocycles. The molecule has 4 rings (SSSR count). The molecule has 128 valence electrons. The minimum Gasteiger partial charge on any atom is -0.381 e. The number of ether oxygens (including phenoxy) is 1. The molecule has 0 atom stereocenters. The number of H-pyrrole nitrogens is 1. The van der Waals surface area contributed by atoms with Crippen LogP contribution in [0.25, 0.3) is 11.2 Å². The summed E-state index contributed by atoms with van der Waals surface area (Å²) in [6, 6.07) is 4.57. The molecule has 24 heavy (non-hydrogen) atoms. The fourth-order valence-electron chi connectivity index (χ4n) is 3.67. The highest BCUT2D eigenvalue weighted by Gasteiger charge is 2.27. The topological polar surface area (TPSA) is 83.1 Å². The Morgan fingerprint density at radius 3 is 2.79 bits per heavy atom. The number of aromatic nitrogens is 3. The summed E-state index contributed by atoms with van der Waals surface area (Å²) in [5, 5.41) is 3.11. The van der Waals surface area contributed by atoms with Crippen molar-refractivity contribution in [2.75, 3.05) is 26.3 Å². The number of hydrogen-bond acceptors (Lipinski definition) is 5. The first-order valence-electron chi connectivity index (χ1n) is 8.73. The van der Waals surface area contributed by atoms with Gasteiger partial charge in [-0.1, -0.05) is 0 Å². The summed E-state index contributed by atoms with van der Waals surface area (Å²) in [6.45, 7) is 3.83. The van der Waals surface area contributed by atoms with Gasteiger partial charge in [0.15, 0.2) is 11.5 Å². The average Bonchev–Trinajstić information content (AvgIpc) is 3.07. The maximum Gasteiger partial charge on any atom is 0.287 e. The van der Waals surface area contributed by atoms with Gasteiger partial charge in [0.1, 0.15) is 0 Å². The summed E-state index contributed by atoms with van der Waals surface area (Å²) in [4.78, 5) is 26.4. The minimum absolute atomic E-state index is 0.141. The first-order valence-corrected chi connectivity index (χ1v) is 8.73. The Morgan fingerprint density at radius 2 is 2.04 bits per heavy atom. The Bertz CT molecular complexity index is 669. The summed E-state index contributed by atoms with van der Waals surface area (Å²) in [7, 11) is 0. The predicted octanol–water partition coefficient (Wildman–Crippen LogP) is 1.33. The number of nitrogens with zero attached hydrogens (tertiary/aromatic N) is 3. The Balaban J connectivity index is 1.32. The van der Waals surface area contributed by atoms with Crippen LogP contribution in [-0.4, -0.2) is 64.1 Å². The first-order chi connectivity index (χ1) is 11.8. The molecule has 2 aromatic heterocycles. The van der Waals surface area contributed by atoms with Crippen LogP contribution < -0.4 is 5.32 Å². The van der Waals surface area contributed by atoms with E-state index in [2.05, 4.69) is 25.2 Å². The van der Waals surface area contributed by atoms with Crippen molar-refractivity contribution in [2.24, 2.45) is 0 Å². The van der Waals surface area contributed by atoms with Crippen LogP contribution >= 0.6 is 0 Å². The summed E-state index contributed by atoms with van der Waals surface area (Å²) in [5.41, 5.74) is 1.37. The average molecular weight is 329 g/mol. The zero-order chi connectivity index (χ0) is 16.4. The number of aromatic amines is 1. The van der Waals surface area contributed by atoms with Crippen molar-refractivity contribution in [3.8, 4) is 0 Å². The molecule has 0 saturated carbocycles. The number of fused-ring (bicyclic) bond motifs is 1. The highest BCUT2D eigenvalue weighted by molar-refractivity contribution is 5.93. The fraction of sp³-hybridized carbons (Fsp3) is 0.588. The van der Waals surface area contributed by atoms with Gasteiger partial charge in [0.2, 0.25) is 0 Å². The van der Waals surface area contributed by atoms with E-state index in [1.165, 1.54) is 0 Å². The van der Waals surface area contributed by atoms with Crippen molar-refractivity contribution in [1.29, 1.82) is 0 Å². The molecule has 2 aliphatic rings. The van der Waals surface area contributed by atoms with Crippen LogP contribution in [0, 0.1) is 0 Å². The molecule has 1 amide bonds. The number of hydrogen-bond donors (Lipinski definition) is 2. The van der Waals surface area contributed by atoms with E-state index < -0.39 is 0 Å². The molecule has 7 heteroatoms. The minimum atomic E-state index is -0.141. The van der Waals surface area contributed by atoms with E-state index >= 15 is 0 Å². The molecule has 0 unspecified atom stereocenters. The van der Waals surface area contributed by atoms with Crippen LogP contribution in [0.1, 0.15) is 36.3 Å². The van der Waals surface area contributed by atoms with Crippen LogP contribution in [0.2, 0.25) is 0 Å². The zero-order valence-electron chi connectivity index (χ0n) is 13.7. The Hall–Kier alpha value is -1.99. The molecule has 2 aliphatic heterocycles. The molecule has 7 nitrogen and oxygen atoms in total. The lowest BCUT2D eigenvalue weighted by molar-refractivity contribution is 0.0238. The van der Waals surface area contributed by atoms with Gasteiger partial charge in [-0.25, -0.2) is 9.97 Å². The smallest absolute Gasteiger partial charge is 0.287 e. The lowest BCUT2D eigenvalue weighted by Crippen LogP contribution is -2.49. The number of pyridine rings is 1. The van der Waals surface area contributed by atoms with Gasteiger partial charge in [0.05, 0.1) is 5.52 Å². The summed E-state index contributed by atoms with van der Waals surface area (Å²) < 4.78 is 5.44. The number of rotatable bonds is 3. The van der Waals surface area contributed by atoms with Crippen LogP contribution in [0.15, 0.2) is 18.3 Å². The normalized spacial score (nSPS) is 21.2. The van der Waals surface area contributed by atoms with Crippen molar-refractivity contribution in [3.63, 3.8) is 0 Å². The van der Waals surface area contributed by atoms with Gasteiger partial charge in [-0.3, -0.25) is 4.79 Å². The number of carbonyl (C=O) groups excluding carboxylic acids is 1. The third-order valence-corrected chi connectivity index (χ3v) is 5.04. The highest BCUT2D eigenvalue weighted by Crippen LogP contribution is 2.20. The van der Waals surface area contributed by atoms with E-state index in [1.807, 2.05) is 12.1 Å². The molecular weight excluding hydrogens is 306 g/mol. The Morgan fingerprint density at radius 1 is 1.25 bits per heavy atom. The zero-order valence-corrected chi connectivity index (χ0v) is 13.7. The molecule has 0 bridgehead atoms. The van der Waals surface area contributed by atoms with Crippen LogP contribution in [0.5, 0.6) is 0 Å². The molecule has 0 radical (unpaired) electrons. The van der Waals surface area contributed by atoms with Crippen molar-refractivity contribution in [2.45, 2.75) is 37.8 Å². The maximum absolute atomic E-state index is 12.4. The first kappa shape index (κ1) is 15.5. The summed E-state index contributed by atoms with van der Waals surface area (Å²) in [6.07, 6.45) is 5.91. The lowest BCUT2D eigenvalue weighted by atomic mass is 9.99. The maximum atomic E-state index is 12.4. The van der Waals surface area contributed by atoms with Crippen LogP contribution in [-0.2, 0) is 4.74 Å². The van der Waals surface area contributed by atoms with Crippen molar-refractivity contribution < 1.29 is 9.53 Å². The Labute approximate surface area is 140 Å². The molecular formula is C17H23N5O2. The number of likely N-dealkylation sites (tertiary alicyclic amines) is 1. The molecule has 0 spiro atoms. The van der Waals surface area contributed by atoms with E-state index in [4.69, 9.17) is 4.74 Å². The van der Waals surface area contributed by atoms with Gasteiger partial charge in [0.25, 0.3) is 5.91 Å². The van der Waals surface area contributed by atoms with Gasteiger partial charge in [-0.2, -0.15) is 0 Å². The predicted molar refractivity (Wildman–Crippen MR) is 89.8 cm³/mol. The lowest BCUT2D eigenvalue weighted by Gasteiger charge is -2.39. The number of nitrogens with one attached hydrogen (secondary N) is 2. The largest absolute Gasteiger partial charge is 0.381 e. The van der Waals surface area contributed by atoms with E-state index in [9.17, 15) is 4.79 Å². The molecule has 0 aliphatic carbocycles. The summed E-state index contributed by atoms with van der Waals surface area (Å²) >= 11 is 0. The van der Waals surface area contributed by atoms with Gasteiger partial charge in [-0.05, 0) is 37.8 Å². The highest BCUT2D eigenvalue weighted by atomic mass is 16.5. The van der Waals surface area contributed by atoms with Gasteiger partial charge >= 0.3 is 0 Å². The monoisotopic (exact) mass is 329 g/mol. The number of carbonyl (C=O) groups is 1. The van der Waals surface area contributed by atoms with E-state index in [0.717, 1.165) is 57.5 Å². The second-order valence-electron chi connectivity index (χ2n) is 6.59. The second-order valence-corrected chi connectivity index (χ2v) is 6.59. The van der Waals surface area contributed by atoms with Gasteiger partial charge in [0, 0.05) is 44.6 Å². The number of amides is 1. The molecule has 2 fully saturated rings. The van der Waals surface area contributed by atoms with E-state index in [-0.39, 0.29) is 11.9 Å². The van der Waals surface area contributed by atoms with E-state index in [1.54, 1.807) is 6.20 Å². The second kappa shape index (κ2) is 6.86. The van der Waals surface area contributed by atoms with Crippen LogP contribution in [0.3, 0.4) is 0 Å². The summed E-state index contributed by atoms with van der Waals surface area (Å²) in [5.74, 6) is 0.202.